The Labute approximate surface area is 250 Å². The van der Waals surface area contributed by atoms with Crippen LogP contribution in [0, 0.1) is 17.2 Å². The average molecular weight is 582 g/mol. The van der Waals surface area contributed by atoms with Crippen LogP contribution in [0.15, 0.2) is 36.4 Å². The fourth-order valence-corrected chi connectivity index (χ4v) is 6.92. The van der Waals surface area contributed by atoms with Crippen LogP contribution in [0.4, 0.5) is 0 Å². The SMILES string of the molecule is C[C@H](CC1(c2nn[nH]n2)c2ccc(C(=O)N(C)C)cc2-c2cc(C(=O)N(C)C)ccc21)NCC(=O)N1[C@H](C#N)C[C@@H]2C[C@@H]21. The first-order valence-corrected chi connectivity index (χ1v) is 14.5. The molecule has 1 aliphatic heterocycles. The number of nitrogens with one attached hydrogen (secondary N) is 2. The summed E-state index contributed by atoms with van der Waals surface area (Å²) >= 11 is 0. The van der Waals surface area contributed by atoms with E-state index in [4.69, 9.17) is 0 Å². The van der Waals surface area contributed by atoms with Crippen LogP contribution in [0.1, 0.15) is 63.9 Å². The molecule has 0 spiro atoms. The number of aromatic nitrogens is 4. The topological polar surface area (TPSA) is 151 Å². The first-order valence-electron chi connectivity index (χ1n) is 14.5. The van der Waals surface area contributed by atoms with Crippen LogP contribution in [0.3, 0.4) is 0 Å². The summed E-state index contributed by atoms with van der Waals surface area (Å²) < 4.78 is 0. The van der Waals surface area contributed by atoms with Gasteiger partial charge in [-0.1, -0.05) is 17.3 Å². The molecule has 3 aromatic rings. The maximum absolute atomic E-state index is 13.2. The zero-order valence-electron chi connectivity index (χ0n) is 25.0. The summed E-state index contributed by atoms with van der Waals surface area (Å²) in [6, 6.07) is 13.1. The summed E-state index contributed by atoms with van der Waals surface area (Å²) in [6.07, 6.45) is 2.20. The van der Waals surface area contributed by atoms with Crippen molar-refractivity contribution in [1.82, 2.24) is 40.6 Å². The van der Waals surface area contributed by atoms with Crippen molar-refractivity contribution in [2.24, 2.45) is 5.92 Å². The van der Waals surface area contributed by atoms with Gasteiger partial charge in [-0.25, -0.2) is 0 Å². The lowest BCUT2D eigenvalue weighted by atomic mass is 9.72. The van der Waals surface area contributed by atoms with Gasteiger partial charge < -0.3 is 20.0 Å². The summed E-state index contributed by atoms with van der Waals surface area (Å²) in [5.41, 5.74) is 3.58. The number of carbonyl (C=O) groups is 3. The zero-order valence-corrected chi connectivity index (χ0v) is 25.0. The van der Waals surface area contributed by atoms with Crippen molar-refractivity contribution in [1.29, 1.82) is 5.26 Å². The molecule has 1 saturated heterocycles. The van der Waals surface area contributed by atoms with Crippen LogP contribution in [-0.4, -0.2) is 106 Å². The molecular weight excluding hydrogens is 546 g/mol. The van der Waals surface area contributed by atoms with Gasteiger partial charge >= 0.3 is 0 Å². The molecule has 0 bridgehead atoms. The number of likely N-dealkylation sites (tertiary alicyclic amines) is 1. The predicted octanol–water partition coefficient (Wildman–Crippen LogP) is 1.80. The third-order valence-electron chi connectivity index (χ3n) is 9.04. The van der Waals surface area contributed by atoms with E-state index in [-0.39, 0.29) is 42.4 Å². The molecule has 3 amide bonds. The minimum absolute atomic E-state index is 0.0667. The van der Waals surface area contributed by atoms with Gasteiger partial charge in [0.25, 0.3) is 11.8 Å². The van der Waals surface area contributed by atoms with Gasteiger partial charge in [0.05, 0.1) is 18.0 Å². The Kier molecular flexibility index (Phi) is 7.01. The number of nitrogens with zero attached hydrogens (tertiary/aromatic N) is 7. The second-order valence-electron chi connectivity index (χ2n) is 12.3. The van der Waals surface area contributed by atoms with Gasteiger partial charge in [0.15, 0.2) is 5.82 Å². The molecule has 3 aliphatic rings. The van der Waals surface area contributed by atoms with Gasteiger partial charge in [0.2, 0.25) is 5.91 Å². The summed E-state index contributed by atoms with van der Waals surface area (Å²) in [5.74, 6) is 0.572. The lowest BCUT2D eigenvalue weighted by Crippen LogP contribution is -2.46. The van der Waals surface area contributed by atoms with Gasteiger partial charge in [0.1, 0.15) is 6.04 Å². The number of rotatable bonds is 8. The van der Waals surface area contributed by atoms with Crippen molar-refractivity contribution in [3.05, 3.63) is 64.5 Å². The fourth-order valence-electron chi connectivity index (χ4n) is 6.92. The Morgan fingerprint density at radius 3 is 2.16 bits per heavy atom. The van der Waals surface area contributed by atoms with Crippen molar-refractivity contribution < 1.29 is 14.4 Å². The molecule has 2 aliphatic carbocycles. The highest BCUT2D eigenvalue weighted by Crippen LogP contribution is 2.54. The molecule has 12 heteroatoms. The molecule has 1 aromatic heterocycles. The normalized spacial score (nSPS) is 21.3. The minimum Gasteiger partial charge on any atom is -0.345 e. The monoisotopic (exact) mass is 581 g/mol. The largest absolute Gasteiger partial charge is 0.345 e. The van der Waals surface area contributed by atoms with Gasteiger partial charge in [0, 0.05) is 51.4 Å². The smallest absolute Gasteiger partial charge is 0.253 e. The van der Waals surface area contributed by atoms with Crippen molar-refractivity contribution in [2.75, 3.05) is 34.7 Å². The van der Waals surface area contributed by atoms with Gasteiger partial charge in [-0.05, 0) is 78.6 Å². The summed E-state index contributed by atoms with van der Waals surface area (Å²) in [5, 5.41) is 28.3. The van der Waals surface area contributed by atoms with E-state index in [0.717, 1.165) is 35.1 Å². The first-order chi connectivity index (χ1) is 20.6. The van der Waals surface area contributed by atoms with Gasteiger partial charge in [-0.2, -0.15) is 10.5 Å². The molecule has 1 saturated carbocycles. The molecule has 2 aromatic carbocycles. The number of carbonyl (C=O) groups excluding carboxylic acids is 3. The number of nitriles is 1. The van der Waals surface area contributed by atoms with Crippen LogP contribution in [-0.2, 0) is 10.2 Å². The van der Waals surface area contributed by atoms with E-state index in [2.05, 4.69) is 32.0 Å². The van der Waals surface area contributed by atoms with E-state index in [1.807, 2.05) is 31.2 Å². The molecule has 12 nitrogen and oxygen atoms in total. The standard InChI is InChI=1S/C31H35N9O3/c1-17(33-16-27(41)40-21(15-32)10-20-13-26(20)40)14-31(30-34-36-37-35-30)24-8-6-18(28(42)38(2)3)11-22(24)23-12-19(7-9-25(23)31)29(43)39(4)5/h6-9,11-12,17,20-21,26,33H,10,13-14,16H2,1-5H3,(H,34,35,36,37)/t17-,20-,21+,26+/m1/s1. The summed E-state index contributed by atoms with van der Waals surface area (Å²) in [6.45, 7) is 2.11. The van der Waals surface area contributed by atoms with Crippen LogP contribution in [0.5, 0.6) is 0 Å². The van der Waals surface area contributed by atoms with Crippen LogP contribution >= 0.6 is 0 Å². The van der Waals surface area contributed by atoms with E-state index in [9.17, 15) is 19.6 Å². The third-order valence-corrected chi connectivity index (χ3v) is 9.04. The van der Waals surface area contributed by atoms with Crippen molar-refractivity contribution in [3.8, 4) is 17.2 Å². The molecule has 222 valence electrons. The fraction of sp³-hybridized carbons (Fsp3) is 0.452. The highest BCUT2D eigenvalue weighted by atomic mass is 16.2. The van der Waals surface area contributed by atoms with Crippen molar-refractivity contribution in [3.63, 3.8) is 0 Å². The Hall–Kier alpha value is -4.63. The molecule has 2 fully saturated rings. The summed E-state index contributed by atoms with van der Waals surface area (Å²) in [4.78, 5) is 44.0. The number of piperidine rings is 1. The number of H-pyrrole nitrogens is 1. The first kappa shape index (κ1) is 28.5. The van der Waals surface area contributed by atoms with Crippen molar-refractivity contribution >= 4 is 17.7 Å². The summed E-state index contributed by atoms with van der Waals surface area (Å²) in [7, 11) is 6.83. The molecule has 2 N–H and O–H groups in total. The number of fused-ring (bicyclic) bond motifs is 4. The molecule has 0 unspecified atom stereocenters. The Bertz CT molecular complexity index is 1570. The number of tetrazole rings is 1. The molecule has 43 heavy (non-hydrogen) atoms. The number of hydrogen-bond donors (Lipinski definition) is 2. The van der Waals surface area contributed by atoms with Gasteiger partial charge in [-0.15, -0.1) is 10.2 Å². The zero-order chi connectivity index (χ0) is 30.6. The van der Waals surface area contributed by atoms with Crippen LogP contribution in [0.2, 0.25) is 0 Å². The molecule has 0 radical (unpaired) electrons. The highest BCUT2D eigenvalue weighted by molar-refractivity contribution is 5.99. The Balaban J connectivity index is 1.40. The van der Waals surface area contributed by atoms with E-state index in [1.165, 1.54) is 9.80 Å². The minimum atomic E-state index is -0.878. The van der Waals surface area contributed by atoms with Crippen molar-refractivity contribution in [2.45, 2.75) is 49.7 Å². The number of hydrogen-bond acceptors (Lipinski definition) is 8. The molecule has 4 atom stereocenters. The number of benzene rings is 2. The van der Waals surface area contributed by atoms with E-state index >= 15 is 0 Å². The van der Waals surface area contributed by atoms with E-state index in [0.29, 0.717) is 29.3 Å². The second-order valence-corrected chi connectivity index (χ2v) is 12.3. The maximum atomic E-state index is 13.2. The molecule has 6 rings (SSSR count). The van der Waals surface area contributed by atoms with E-state index in [1.54, 1.807) is 45.2 Å². The predicted molar refractivity (Wildman–Crippen MR) is 157 cm³/mol. The van der Waals surface area contributed by atoms with Crippen LogP contribution in [0.25, 0.3) is 11.1 Å². The molecule has 2 heterocycles. The second kappa shape index (κ2) is 10.6. The van der Waals surface area contributed by atoms with E-state index < -0.39 is 5.41 Å². The maximum Gasteiger partial charge on any atom is 0.253 e. The Morgan fingerprint density at radius 1 is 1.05 bits per heavy atom. The average Bonchev–Trinajstić information content (AvgIpc) is 3.32. The molecular formula is C31H35N9O3. The van der Waals surface area contributed by atoms with Crippen LogP contribution < -0.4 is 5.32 Å². The third kappa shape index (κ3) is 4.64. The number of amides is 3. The lowest BCUT2D eigenvalue weighted by Gasteiger charge is -2.32. The highest BCUT2D eigenvalue weighted by Gasteiger charge is 2.54. The Morgan fingerprint density at radius 2 is 1.65 bits per heavy atom. The number of aromatic amines is 1. The van der Waals surface area contributed by atoms with Gasteiger partial charge in [-0.3, -0.25) is 14.4 Å². The quantitative estimate of drug-likeness (QED) is 0.409. The lowest BCUT2D eigenvalue weighted by molar-refractivity contribution is -0.131.